The number of aliphatic hydroxyl groups excluding tert-OH is 1. The zero-order valence-corrected chi connectivity index (χ0v) is 19.9. The fraction of sp³-hybridized carbons (Fsp3) is 0.583. The van der Waals surface area contributed by atoms with Gasteiger partial charge in [-0.05, 0) is 24.1 Å². The maximum absolute atomic E-state index is 13.4. The maximum atomic E-state index is 13.4. The Kier molecular flexibility index (Phi) is 7.24. The van der Waals surface area contributed by atoms with E-state index >= 15 is 0 Å². The molecule has 1 saturated heterocycles. The summed E-state index contributed by atoms with van der Waals surface area (Å²) in [6.07, 6.45) is -3.17. The molecule has 1 aromatic carbocycles. The molecular weight excluding hydrogens is 433 g/mol. The van der Waals surface area contributed by atoms with Crippen molar-refractivity contribution in [2.45, 2.75) is 71.3 Å². The van der Waals surface area contributed by atoms with Crippen molar-refractivity contribution >= 4 is 5.91 Å². The molecule has 2 aromatic rings. The third kappa shape index (κ3) is 5.76. The molecule has 182 valence electrons. The first-order chi connectivity index (χ1) is 15.3. The van der Waals surface area contributed by atoms with Gasteiger partial charge < -0.3 is 5.11 Å². The lowest BCUT2D eigenvalue weighted by Crippen LogP contribution is -2.50. The number of benzene rings is 1. The van der Waals surface area contributed by atoms with Crippen LogP contribution in [0.2, 0.25) is 0 Å². The Morgan fingerprint density at radius 1 is 1.18 bits per heavy atom. The summed E-state index contributed by atoms with van der Waals surface area (Å²) < 4.78 is 44.0. The second-order valence-electron chi connectivity index (χ2n) is 9.77. The van der Waals surface area contributed by atoms with Gasteiger partial charge in [0.1, 0.15) is 0 Å². The van der Waals surface area contributed by atoms with Crippen molar-refractivity contribution in [3.05, 3.63) is 52.1 Å². The molecule has 9 heteroatoms. The van der Waals surface area contributed by atoms with Gasteiger partial charge in [-0.1, -0.05) is 40.2 Å². The van der Waals surface area contributed by atoms with Crippen LogP contribution >= 0.6 is 0 Å². The number of halogens is 3. The van der Waals surface area contributed by atoms with Crippen LogP contribution in [0.4, 0.5) is 13.2 Å². The number of unbranched alkanes of at least 4 members (excludes halogenated alkanes) is 1. The van der Waals surface area contributed by atoms with E-state index in [0.29, 0.717) is 30.7 Å². The van der Waals surface area contributed by atoms with Crippen LogP contribution in [-0.2, 0) is 31.7 Å². The van der Waals surface area contributed by atoms with Gasteiger partial charge >= 0.3 is 6.18 Å². The summed E-state index contributed by atoms with van der Waals surface area (Å²) in [6.45, 7) is 10.0. The summed E-state index contributed by atoms with van der Waals surface area (Å²) in [5.41, 5.74) is 0.743. The summed E-state index contributed by atoms with van der Waals surface area (Å²) in [5, 5.41) is 9.53. The van der Waals surface area contributed by atoms with Crippen LogP contribution in [0, 0.1) is 0 Å². The normalized spacial score (nSPS) is 16.3. The Balaban J connectivity index is 2.08. The Morgan fingerprint density at radius 3 is 2.39 bits per heavy atom. The van der Waals surface area contributed by atoms with Crippen LogP contribution in [0.3, 0.4) is 0 Å². The Labute approximate surface area is 192 Å². The molecule has 33 heavy (non-hydrogen) atoms. The lowest BCUT2D eigenvalue weighted by Gasteiger charge is -2.36. The minimum absolute atomic E-state index is 0.0607. The third-order valence-corrected chi connectivity index (χ3v) is 5.95. The second-order valence-corrected chi connectivity index (χ2v) is 9.77. The van der Waals surface area contributed by atoms with Crippen LogP contribution < -0.4 is 5.49 Å². The molecule has 0 bridgehead atoms. The minimum Gasteiger partial charge on any atom is -0.390 e. The van der Waals surface area contributed by atoms with E-state index in [1.54, 1.807) is 0 Å². The topological polar surface area (TPSA) is 62.8 Å². The molecule has 0 unspecified atom stereocenters. The molecule has 1 N–H and O–H groups in total. The molecule has 1 aromatic heterocycles. The first kappa shape index (κ1) is 25.2. The molecule has 3 rings (SSSR count). The number of nitrogens with zero attached hydrogens (tertiary/aromatic N) is 4. The molecule has 6 nitrogen and oxygen atoms in total. The fourth-order valence-electron chi connectivity index (χ4n) is 4.10. The molecular formula is C24H33F3N4O2. The Bertz CT molecular complexity index is 1070. The van der Waals surface area contributed by atoms with Crippen LogP contribution in [0.25, 0.3) is 0 Å². The van der Waals surface area contributed by atoms with E-state index in [4.69, 9.17) is 0 Å². The molecule has 1 fully saturated rings. The van der Waals surface area contributed by atoms with Crippen molar-refractivity contribution in [3.8, 4) is 0 Å². The number of β-amino-alcohol motifs (C(OH)–C–C–N with tert-alkyl or cyclic N) is 1. The first-order valence-corrected chi connectivity index (χ1v) is 11.3. The van der Waals surface area contributed by atoms with Crippen molar-refractivity contribution in [1.29, 1.82) is 0 Å². The fourth-order valence-corrected chi connectivity index (χ4v) is 4.10. The van der Waals surface area contributed by atoms with Gasteiger partial charge in [0, 0.05) is 56.0 Å². The molecule has 0 radical (unpaired) electrons. The SMILES string of the molecule is CCCCn1/c(=N/C(=O)c2cc(C(F)(F)F)ccc2CN2CC(O)C2)cc(C(C)(C)C)n1C. The average molecular weight is 467 g/mol. The van der Waals surface area contributed by atoms with E-state index in [0.717, 1.165) is 30.7 Å². The highest BCUT2D eigenvalue weighted by atomic mass is 19.4. The van der Waals surface area contributed by atoms with E-state index in [9.17, 15) is 23.1 Å². The lowest BCUT2D eigenvalue weighted by molar-refractivity contribution is -0.137. The smallest absolute Gasteiger partial charge is 0.390 e. The molecule has 0 aliphatic carbocycles. The second kappa shape index (κ2) is 9.46. The summed E-state index contributed by atoms with van der Waals surface area (Å²) in [4.78, 5) is 19.4. The predicted molar refractivity (Wildman–Crippen MR) is 120 cm³/mol. The van der Waals surface area contributed by atoms with Crippen molar-refractivity contribution in [3.63, 3.8) is 0 Å². The van der Waals surface area contributed by atoms with Gasteiger partial charge in [-0.2, -0.15) is 18.2 Å². The van der Waals surface area contributed by atoms with E-state index in [1.165, 1.54) is 6.07 Å². The minimum atomic E-state index is -4.56. The highest BCUT2D eigenvalue weighted by Crippen LogP contribution is 2.31. The number of aliphatic hydroxyl groups is 1. The summed E-state index contributed by atoms with van der Waals surface area (Å²) in [6, 6.07) is 5.06. The third-order valence-electron chi connectivity index (χ3n) is 5.95. The van der Waals surface area contributed by atoms with Gasteiger partial charge in [0.05, 0.1) is 11.7 Å². The van der Waals surface area contributed by atoms with Gasteiger partial charge in [0.2, 0.25) is 0 Å². The lowest BCUT2D eigenvalue weighted by atomic mass is 9.92. The van der Waals surface area contributed by atoms with Crippen molar-refractivity contribution in [2.75, 3.05) is 13.1 Å². The molecule has 1 aliphatic rings. The van der Waals surface area contributed by atoms with Crippen LogP contribution in [0.15, 0.2) is 29.3 Å². The quantitative estimate of drug-likeness (QED) is 0.703. The molecule has 1 amide bonds. The largest absolute Gasteiger partial charge is 0.416 e. The number of likely N-dealkylation sites (tertiary alicyclic amines) is 1. The van der Waals surface area contributed by atoms with Crippen molar-refractivity contribution < 1.29 is 23.1 Å². The number of aromatic nitrogens is 2. The van der Waals surface area contributed by atoms with Crippen molar-refractivity contribution in [1.82, 2.24) is 14.3 Å². The molecule has 0 spiro atoms. The number of alkyl halides is 3. The number of hydrogen-bond donors (Lipinski definition) is 1. The van der Waals surface area contributed by atoms with Crippen LogP contribution in [-0.4, -0.2) is 44.5 Å². The predicted octanol–water partition coefficient (Wildman–Crippen LogP) is 3.86. The monoisotopic (exact) mass is 466 g/mol. The van der Waals surface area contributed by atoms with Crippen LogP contribution in [0.1, 0.15) is 67.7 Å². The van der Waals surface area contributed by atoms with Gasteiger partial charge in [0.25, 0.3) is 5.91 Å². The number of hydrogen-bond acceptors (Lipinski definition) is 3. The molecule has 0 saturated carbocycles. The number of amides is 1. The Morgan fingerprint density at radius 2 is 1.85 bits per heavy atom. The van der Waals surface area contributed by atoms with Crippen molar-refractivity contribution in [2.24, 2.45) is 12.0 Å². The zero-order valence-electron chi connectivity index (χ0n) is 19.9. The van der Waals surface area contributed by atoms with E-state index < -0.39 is 23.8 Å². The average Bonchev–Trinajstić information content (AvgIpc) is 3.00. The number of rotatable bonds is 6. The molecule has 1 aliphatic heterocycles. The first-order valence-electron chi connectivity index (χ1n) is 11.3. The molecule has 2 heterocycles. The van der Waals surface area contributed by atoms with E-state index in [2.05, 4.69) is 32.7 Å². The highest BCUT2D eigenvalue weighted by Gasteiger charge is 2.33. The van der Waals surface area contributed by atoms with Crippen LogP contribution in [0.5, 0.6) is 0 Å². The van der Waals surface area contributed by atoms with E-state index in [1.807, 2.05) is 27.4 Å². The van der Waals surface area contributed by atoms with Gasteiger partial charge in [0.15, 0.2) is 5.49 Å². The highest BCUT2D eigenvalue weighted by molar-refractivity contribution is 5.96. The maximum Gasteiger partial charge on any atom is 0.416 e. The van der Waals surface area contributed by atoms with Gasteiger partial charge in [-0.3, -0.25) is 19.1 Å². The number of carbonyl (C=O) groups is 1. The summed E-state index contributed by atoms with van der Waals surface area (Å²) in [7, 11) is 1.91. The van der Waals surface area contributed by atoms with Gasteiger partial charge in [-0.25, -0.2) is 0 Å². The zero-order chi connectivity index (χ0) is 24.6. The molecule has 0 atom stereocenters. The number of carbonyl (C=O) groups excluding carboxylic acids is 1. The summed E-state index contributed by atoms with van der Waals surface area (Å²) >= 11 is 0. The summed E-state index contributed by atoms with van der Waals surface area (Å²) in [5.74, 6) is -0.700. The standard InChI is InChI=1S/C24H33F3N4O2/c1-6-7-10-31-21(12-20(29(31)5)23(2,3)4)28-22(33)19-11-17(24(25,26)27)9-8-16(19)13-30-14-18(32)15-30/h8-9,11-12,18,32H,6-7,10,13-15H2,1-5H3/b28-21+. The Hall–Kier alpha value is -2.39. The van der Waals surface area contributed by atoms with Gasteiger partial charge in [-0.15, -0.1) is 0 Å². The van der Waals surface area contributed by atoms with E-state index in [-0.39, 0.29) is 17.5 Å².